The summed E-state index contributed by atoms with van der Waals surface area (Å²) in [6, 6.07) is 15.9. The Hall–Kier alpha value is -3.29. The smallest absolute Gasteiger partial charge is 0.255 e. The molecule has 3 N–H and O–H groups in total. The van der Waals surface area contributed by atoms with E-state index >= 15 is 0 Å². The number of benzene rings is 2. The summed E-state index contributed by atoms with van der Waals surface area (Å²) in [5.41, 5.74) is 2.39. The number of amides is 1. The Balaban J connectivity index is 1.37. The maximum Gasteiger partial charge on any atom is 0.255 e. The number of aromatic hydroxyl groups is 2. The number of phenols is 2. The highest BCUT2D eigenvalue weighted by Crippen LogP contribution is 2.25. The molecule has 1 fully saturated rings. The van der Waals surface area contributed by atoms with Gasteiger partial charge in [0.15, 0.2) is 11.5 Å². The van der Waals surface area contributed by atoms with Crippen molar-refractivity contribution in [2.45, 2.75) is 13.1 Å². The van der Waals surface area contributed by atoms with Crippen LogP contribution in [0.2, 0.25) is 5.02 Å². The fourth-order valence-corrected chi connectivity index (χ4v) is 4.01. The molecule has 1 aliphatic heterocycles. The summed E-state index contributed by atoms with van der Waals surface area (Å²) in [4.78, 5) is 21.8. The number of rotatable bonds is 6. The van der Waals surface area contributed by atoms with Gasteiger partial charge in [-0.1, -0.05) is 29.8 Å². The maximum absolute atomic E-state index is 12.9. The van der Waals surface area contributed by atoms with Crippen molar-refractivity contribution < 1.29 is 15.0 Å². The first kappa shape index (κ1) is 21.9. The highest BCUT2D eigenvalue weighted by atomic mass is 35.5. The summed E-state index contributed by atoms with van der Waals surface area (Å²) < 4.78 is 0. The number of hydrogen-bond donors (Lipinski definition) is 3. The van der Waals surface area contributed by atoms with Crippen LogP contribution in [-0.4, -0.2) is 52.2 Å². The molecule has 7 nitrogen and oxygen atoms in total. The van der Waals surface area contributed by atoms with Gasteiger partial charge < -0.3 is 20.4 Å². The largest absolute Gasteiger partial charge is 0.504 e. The highest BCUT2D eigenvalue weighted by molar-refractivity contribution is 6.30. The molecule has 32 heavy (non-hydrogen) atoms. The lowest BCUT2D eigenvalue weighted by Crippen LogP contribution is -2.46. The number of halogens is 1. The third kappa shape index (κ3) is 5.30. The number of pyridine rings is 1. The van der Waals surface area contributed by atoms with Gasteiger partial charge in [0.1, 0.15) is 5.82 Å². The number of aromatic nitrogens is 1. The van der Waals surface area contributed by atoms with Gasteiger partial charge in [-0.05, 0) is 47.5 Å². The van der Waals surface area contributed by atoms with E-state index in [2.05, 4.69) is 26.2 Å². The number of phenolic OH excluding ortho intramolecular Hbond substituents is 2. The lowest BCUT2D eigenvalue weighted by molar-refractivity contribution is 0.0951. The Labute approximate surface area is 191 Å². The minimum Gasteiger partial charge on any atom is -0.504 e. The predicted molar refractivity (Wildman–Crippen MR) is 124 cm³/mol. The molecule has 1 amide bonds. The Morgan fingerprint density at radius 1 is 0.969 bits per heavy atom. The van der Waals surface area contributed by atoms with Gasteiger partial charge in [0, 0.05) is 50.5 Å². The van der Waals surface area contributed by atoms with Crippen molar-refractivity contribution in [3.05, 3.63) is 82.5 Å². The SMILES string of the molecule is O=C(NCc1ccc(O)c(O)c1)c1cccnc1N1CCN(Cc2cccc(Cl)c2)CC1. The van der Waals surface area contributed by atoms with Crippen molar-refractivity contribution in [1.82, 2.24) is 15.2 Å². The monoisotopic (exact) mass is 452 g/mol. The average Bonchev–Trinajstić information content (AvgIpc) is 2.80. The van der Waals surface area contributed by atoms with Gasteiger partial charge in [-0.25, -0.2) is 4.98 Å². The summed E-state index contributed by atoms with van der Waals surface area (Å²) >= 11 is 6.10. The standard InChI is InChI=1S/C24H25ClN4O3/c25-19-4-1-3-18(13-19)16-28-9-11-29(12-10-28)23-20(5-2-8-26-23)24(32)27-15-17-6-7-21(30)22(31)14-17/h1-8,13-14,30-31H,9-12,15-16H2,(H,27,32). The van der Waals surface area contributed by atoms with Crippen LogP contribution in [0, 0.1) is 0 Å². The van der Waals surface area contributed by atoms with Gasteiger partial charge in [-0.2, -0.15) is 0 Å². The van der Waals surface area contributed by atoms with Crippen molar-refractivity contribution in [3.8, 4) is 11.5 Å². The van der Waals surface area contributed by atoms with Crippen LogP contribution < -0.4 is 10.2 Å². The van der Waals surface area contributed by atoms with Crippen molar-refractivity contribution in [2.24, 2.45) is 0 Å². The zero-order valence-corrected chi connectivity index (χ0v) is 18.3. The van der Waals surface area contributed by atoms with Crippen LogP contribution >= 0.6 is 11.6 Å². The third-order valence-electron chi connectivity index (χ3n) is 5.49. The van der Waals surface area contributed by atoms with Crippen LogP contribution in [-0.2, 0) is 13.1 Å². The minimum absolute atomic E-state index is 0.191. The number of carbonyl (C=O) groups is 1. The van der Waals surface area contributed by atoms with Gasteiger partial charge in [0.25, 0.3) is 5.91 Å². The first-order valence-corrected chi connectivity index (χ1v) is 10.8. The van der Waals surface area contributed by atoms with Crippen molar-refractivity contribution >= 4 is 23.3 Å². The van der Waals surface area contributed by atoms with Gasteiger partial charge in [-0.3, -0.25) is 9.69 Å². The fraction of sp³-hybridized carbons (Fsp3) is 0.250. The summed E-state index contributed by atoms with van der Waals surface area (Å²) in [5, 5.41) is 22.7. The molecular formula is C24H25ClN4O3. The number of nitrogens with one attached hydrogen (secondary N) is 1. The second kappa shape index (κ2) is 9.89. The molecular weight excluding hydrogens is 428 g/mol. The molecule has 3 aromatic rings. The number of hydrogen-bond acceptors (Lipinski definition) is 6. The summed E-state index contributed by atoms with van der Waals surface area (Å²) in [6.07, 6.45) is 1.70. The zero-order valence-electron chi connectivity index (χ0n) is 17.5. The van der Waals surface area contributed by atoms with E-state index in [0.29, 0.717) is 16.9 Å². The molecule has 1 saturated heterocycles. The van der Waals surface area contributed by atoms with Crippen molar-refractivity contribution in [3.63, 3.8) is 0 Å². The van der Waals surface area contributed by atoms with Crippen LogP contribution in [0.5, 0.6) is 11.5 Å². The second-order valence-electron chi connectivity index (χ2n) is 7.77. The predicted octanol–water partition coefficient (Wildman–Crippen LogP) is 3.40. The fourth-order valence-electron chi connectivity index (χ4n) is 3.79. The molecule has 0 radical (unpaired) electrons. The van der Waals surface area contributed by atoms with Gasteiger partial charge in [-0.15, -0.1) is 0 Å². The molecule has 0 bridgehead atoms. The number of anilines is 1. The number of carbonyl (C=O) groups excluding carboxylic acids is 1. The van der Waals surface area contributed by atoms with Crippen LogP contribution in [0.3, 0.4) is 0 Å². The van der Waals surface area contributed by atoms with E-state index in [9.17, 15) is 15.0 Å². The number of nitrogens with zero attached hydrogens (tertiary/aromatic N) is 3. The van der Waals surface area contributed by atoms with Crippen molar-refractivity contribution in [2.75, 3.05) is 31.1 Å². The molecule has 8 heteroatoms. The second-order valence-corrected chi connectivity index (χ2v) is 8.21. The highest BCUT2D eigenvalue weighted by Gasteiger charge is 2.22. The van der Waals surface area contributed by atoms with Gasteiger partial charge in [0.05, 0.1) is 5.56 Å². The lowest BCUT2D eigenvalue weighted by atomic mass is 10.1. The molecule has 2 heterocycles. The quantitative estimate of drug-likeness (QED) is 0.497. The van der Waals surface area contributed by atoms with Crippen LogP contribution in [0.25, 0.3) is 0 Å². The van der Waals surface area contributed by atoms with E-state index < -0.39 is 0 Å². The Kier molecular flexibility index (Phi) is 6.78. The van der Waals surface area contributed by atoms with Crippen molar-refractivity contribution in [1.29, 1.82) is 0 Å². The van der Waals surface area contributed by atoms with E-state index in [1.165, 1.54) is 17.7 Å². The molecule has 0 spiro atoms. The van der Waals surface area contributed by atoms with E-state index in [1.807, 2.05) is 18.2 Å². The third-order valence-corrected chi connectivity index (χ3v) is 5.73. The lowest BCUT2D eigenvalue weighted by Gasteiger charge is -2.36. The molecule has 0 unspecified atom stereocenters. The van der Waals surface area contributed by atoms with Gasteiger partial charge >= 0.3 is 0 Å². The van der Waals surface area contributed by atoms with Crippen LogP contribution in [0.4, 0.5) is 5.82 Å². The zero-order chi connectivity index (χ0) is 22.5. The first-order valence-electron chi connectivity index (χ1n) is 10.5. The first-order chi connectivity index (χ1) is 15.5. The Morgan fingerprint density at radius 3 is 2.53 bits per heavy atom. The molecule has 0 aliphatic carbocycles. The maximum atomic E-state index is 12.9. The van der Waals surface area contributed by atoms with Gasteiger partial charge in [0.2, 0.25) is 0 Å². The molecule has 1 aliphatic rings. The van der Waals surface area contributed by atoms with E-state index in [-0.39, 0.29) is 24.0 Å². The summed E-state index contributed by atoms with van der Waals surface area (Å²) in [5.74, 6) is 0.0292. The molecule has 0 atom stereocenters. The van der Waals surface area contributed by atoms with E-state index in [0.717, 1.165) is 37.7 Å². The van der Waals surface area contributed by atoms with E-state index in [1.54, 1.807) is 24.4 Å². The van der Waals surface area contributed by atoms with Crippen LogP contribution in [0.15, 0.2) is 60.8 Å². The summed E-state index contributed by atoms with van der Waals surface area (Å²) in [6.45, 7) is 4.32. The molecule has 166 valence electrons. The Morgan fingerprint density at radius 2 is 1.78 bits per heavy atom. The molecule has 0 saturated carbocycles. The molecule has 1 aromatic heterocycles. The molecule has 2 aromatic carbocycles. The Bertz CT molecular complexity index is 1100. The summed E-state index contributed by atoms with van der Waals surface area (Å²) in [7, 11) is 0. The average molecular weight is 453 g/mol. The minimum atomic E-state index is -0.234. The number of piperazine rings is 1. The normalized spacial score (nSPS) is 14.3. The molecule has 4 rings (SSSR count). The van der Waals surface area contributed by atoms with Crippen LogP contribution in [0.1, 0.15) is 21.5 Å². The van der Waals surface area contributed by atoms with E-state index in [4.69, 9.17) is 11.6 Å². The topological polar surface area (TPSA) is 88.9 Å².